The summed E-state index contributed by atoms with van der Waals surface area (Å²) in [7, 11) is 0. The highest BCUT2D eigenvalue weighted by molar-refractivity contribution is 6.03. The number of rotatable bonds is 2. The third kappa shape index (κ3) is 3.08. The third-order valence-electron chi connectivity index (χ3n) is 1.92. The zero-order valence-electron chi connectivity index (χ0n) is 8.39. The normalized spacial score (nSPS) is 12.3. The number of hydrogen-bond acceptors (Lipinski definition) is 2. The van der Waals surface area contributed by atoms with E-state index < -0.39 is 35.0 Å². The fourth-order valence-electron chi connectivity index (χ4n) is 1.10. The van der Waals surface area contributed by atoms with Crippen molar-refractivity contribution < 1.29 is 35.9 Å². The molecule has 98 valence electrons. The Morgan fingerprint density at radius 3 is 1.06 bits per heavy atom. The van der Waals surface area contributed by atoms with Gasteiger partial charge in [0, 0.05) is 11.1 Å². The molecule has 0 saturated heterocycles. The number of hydrogen-bond donors (Lipinski definition) is 0. The van der Waals surface area contributed by atoms with Crippen molar-refractivity contribution in [1.82, 2.24) is 0 Å². The zero-order valence-corrected chi connectivity index (χ0v) is 8.39. The minimum atomic E-state index is -5.12. The van der Waals surface area contributed by atoms with Gasteiger partial charge in [-0.2, -0.15) is 26.3 Å². The molecule has 0 aliphatic heterocycles. The highest BCUT2D eigenvalue weighted by Gasteiger charge is 2.41. The molecular weight excluding hydrogens is 266 g/mol. The van der Waals surface area contributed by atoms with Crippen molar-refractivity contribution in [3.8, 4) is 0 Å². The Bertz CT molecular complexity index is 424. The lowest BCUT2D eigenvalue weighted by Gasteiger charge is -2.07. The molecule has 0 N–H and O–H groups in total. The average molecular weight is 270 g/mol. The van der Waals surface area contributed by atoms with Crippen molar-refractivity contribution in [3.63, 3.8) is 0 Å². The van der Waals surface area contributed by atoms with E-state index in [0.717, 1.165) is 0 Å². The smallest absolute Gasteiger partial charge is 0.284 e. The topological polar surface area (TPSA) is 34.1 Å². The van der Waals surface area contributed by atoms with Crippen LogP contribution in [0.25, 0.3) is 0 Å². The molecule has 1 aromatic carbocycles. The van der Waals surface area contributed by atoms with Crippen molar-refractivity contribution >= 4 is 11.6 Å². The summed E-state index contributed by atoms with van der Waals surface area (Å²) in [6, 6.07) is 2.09. The van der Waals surface area contributed by atoms with Crippen LogP contribution in [0.5, 0.6) is 0 Å². The standard InChI is InChI=1S/C10H4F6O2/c11-9(12,13)7(17)5-1-2-6(4-3-5)8(18)10(14,15)16/h1-4H. The predicted molar refractivity (Wildman–Crippen MR) is 47.2 cm³/mol. The van der Waals surface area contributed by atoms with Gasteiger partial charge in [0.1, 0.15) is 0 Å². The summed E-state index contributed by atoms with van der Waals surface area (Å²) in [6.07, 6.45) is -10.2. The van der Waals surface area contributed by atoms with Gasteiger partial charge in [-0.25, -0.2) is 0 Å². The average Bonchev–Trinajstić information content (AvgIpc) is 2.25. The van der Waals surface area contributed by atoms with Crippen LogP contribution in [0.1, 0.15) is 20.7 Å². The molecule has 0 fully saturated rings. The molecule has 0 heterocycles. The quantitative estimate of drug-likeness (QED) is 0.611. The number of benzene rings is 1. The Hall–Kier alpha value is -1.86. The van der Waals surface area contributed by atoms with Crippen LogP contribution < -0.4 is 0 Å². The van der Waals surface area contributed by atoms with Gasteiger partial charge < -0.3 is 0 Å². The van der Waals surface area contributed by atoms with E-state index in [1.165, 1.54) is 0 Å². The van der Waals surface area contributed by atoms with E-state index >= 15 is 0 Å². The molecule has 0 spiro atoms. The van der Waals surface area contributed by atoms with E-state index in [-0.39, 0.29) is 0 Å². The molecule has 8 heteroatoms. The van der Waals surface area contributed by atoms with Crippen LogP contribution in [0.2, 0.25) is 0 Å². The maximum atomic E-state index is 12.0. The van der Waals surface area contributed by atoms with E-state index in [4.69, 9.17) is 0 Å². The molecule has 0 saturated carbocycles. The van der Waals surface area contributed by atoms with Gasteiger partial charge in [-0.3, -0.25) is 9.59 Å². The Labute approximate surface area is 96.2 Å². The summed E-state index contributed by atoms with van der Waals surface area (Å²) in [4.78, 5) is 21.4. The molecule has 0 aliphatic carbocycles. The summed E-state index contributed by atoms with van der Waals surface area (Å²) in [5, 5.41) is 0. The molecule has 0 radical (unpaired) electrons. The monoisotopic (exact) mass is 270 g/mol. The van der Waals surface area contributed by atoms with E-state index in [2.05, 4.69) is 0 Å². The van der Waals surface area contributed by atoms with Crippen LogP contribution in [0.3, 0.4) is 0 Å². The summed E-state index contributed by atoms with van der Waals surface area (Å²) in [5.74, 6) is -4.37. The first-order chi connectivity index (χ1) is 8.03. The fourth-order valence-corrected chi connectivity index (χ4v) is 1.10. The molecule has 2 nitrogen and oxygen atoms in total. The number of alkyl halides is 6. The van der Waals surface area contributed by atoms with Gasteiger partial charge in [-0.05, 0) is 0 Å². The van der Waals surface area contributed by atoms with E-state index in [1.807, 2.05) is 0 Å². The van der Waals surface area contributed by atoms with E-state index in [9.17, 15) is 35.9 Å². The van der Waals surface area contributed by atoms with Gasteiger partial charge in [0.05, 0.1) is 0 Å². The third-order valence-corrected chi connectivity index (χ3v) is 1.92. The lowest BCUT2D eigenvalue weighted by molar-refractivity contribution is -0.0890. The van der Waals surface area contributed by atoms with E-state index in [1.54, 1.807) is 0 Å². The molecule has 0 bridgehead atoms. The SMILES string of the molecule is O=C(c1ccc(C(=O)C(F)(F)F)cc1)C(F)(F)F. The number of halogens is 6. The summed E-state index contributed by atoms with van der Waals surface area (Å²) < 4.78 is 71.9. The van der Waals surface area contributed by atoms with Crippen LogP contribution in [0, 0.1) is 0 Å². The first kappa shape index (κ1) is 14.2. The Morgan fingerprint density at radius 1 is 0.667 bits per heavy atom. The van der Waals surface area contributed by atoms with Gasteiger partial charge in [-0.15, -0.1) is 0 Å². The van der Waals surface area contributed by atoms with Crippen LogP contribution in [-0.2, 0) is 0 Å². The Morgan fingerprint density at radius 2 is 0.889 bits per heavy atom. The van der Waals surface area contributed by atoms with Crippen LogP contribution in [0.4, 0.5) is 26.3 Å². The molecule has 0 aromatic heterocycles. The lowest BCUT2D eigenvalue weighted by atomic mass is 10.1. The van der Waals surface area contributed by atoms with E-state index in [0.29, 0.717) is 24.3 Å². The van der Waals surface area contributed by atoms with Crippen molar-refractivity contribution in [3.05, 3.63) is 35.4 Å². The van der Waals surface area contributed by atoms with Crippen LogP contribution >= 0.6 is 0 Å². The molecule has 18 heavy (non-hydrogen) atoms. The van der Waals surface area contributed by atoms with Gasteiger partial charge in [0.2, 0.25) is 0 Å². The highest BCUT2D eigenvalue weighted by atomic mass is 19.4. The maximum Gasteiger partial charge on any atom is 0.454 e. The van der Waals surface area contributed by atoms with Gasteiger partial charge >= 0.3 is 12.4 Å². The van der Waals surface area contributed by atoms with Crippen LogP contribution in [-0.4, -0.2) is 23.9 Å². The molecule has 1 aromatic rings. The number of carbonyl (C=O) groups excluding carboxylic acids is 2. The maximum absolute atomic E-state index is 12.0. The van der Waals surface area contributed by atoms with Crippen molar-refractivity contribution in [1.29, 1.82) is 0 Å². The molecule has 0 atom stereocenters. The number of ketones is 2. The predicted octanol–water partition coefficient (Wildman–Crippen LogP) is 3.18. The molecule has 0 amide bonds. The number of carbonyl (C=O) groups is 2. The second-order valence-electron chi connectivity index (χ2n) is 3.23. The first-order valence-electron chi connectivity index (χ1n) is 4.36. The fraction of sp³-hybridized carbons (Fsp3) is 0.200. The van der Waals surface area contributed by atoms with Crippen LogP contribution in [0.15, 0.2) is 24.3 Å². The minimum Gasteiger partial charge on any atom is -0.284 e. The molecular formula is C10H4F6O2. The van der Waals surface area contributed by atoms with Crippen molar-refractivity contribution in [2.45, 2.75) is 12.4 Å². The van der Waals surface area contributed by atoms with Gasteiger partial charge in [-0.1, -0.05) is 24.3 Å². The summed E-state index contributed by atoms with van der Waals surface area (Å²) >= 11 is 0. The number of Topliss-reactive ketones (excluding diaryl/α,β-unsaturated/α-hetero) is 2. The van der Waals surface area contributed by atoms with Crippen molar-refractivity contribution in [2.75, 3.05) is 0 Å². The molecule has 0 unspecified atom stereocenters. The summed E-state index contributed by atoms with van der Waals surface area (Å²) in [5.41, 5.74) is -1.66. The minimum absolute atomic E-state index is 0.523. The largest absolute Gasteiger partial charge is 0.454 e. The van der Waals surface area contributed by atoms with Crippen molar-refractivity contribution in [2.24, 2.45) is 0 Å². The lowest BCUT2D eigenvalue weighted by Crippen LogP contribution is -2.24. The zero-order chi connectivity index (χ0) is 14.1. The second kappa shape index (κ2) is 4.43. The highest BCUT2D eigenvalue weighted by Crippen LogP contribution is 2.24. The Kier molecular flexibility index (Phi) is 3.50. The molecule has 1 rings (SSSR count). The van der Waals surface area contributed by atoms with Gasteiger partial charge in [0.15, 0.2) is 0 Å². The second-order valence-corrected chi connectivity index (χ2v) is 3.23. The first-order valence-corrected chi connectivity index (χ1v) is 4.36. The Balaban J connectivity index is 3.01. The molecule has 0 aliphatic rings. The van der Waals surface area contributed by atoms with Gasteiger partial charge in [0.25, 0.3) is 11.6 Å². The summed E-state index contributed by atoms with van der Waals surface area (Å²) in [6.45, 7) is 0.